The molecule has 0 saturated heterocycles. The average Bonchev–Trinajstić information content (AvgIpc) is 2.51. The van der Waals surface area contributed by atoms with Crippen LogP contribution in [0.2, 0.25) is 5.02 Å². The Bertz CT molecular complexity index is 775. The second kappa shape index (κ2) is 6.80. The third-order valence-electron chi connectivity index (χ3n) is 2.81. The summed E-state index contributed by atoms with van der Waals surface area (Å²) in [5.74, 6) is -3.31. The Morgan fingerprint density at radius 1 is 1.00 bits per heavy atom. The van der Waals surface area contributed by atoms with Crippen LogP contribution in [0.15, 0.2) is 42.5 Å². The molecule has 2 aromatic rings. The summed E-state index contributed by atoms with van der Waals surface area (Å²) in [6.07, 6.45) is 0. The van der Waals surface area contributed by atoms with E-state index in [2.05, 4.69) is 5.32 Å². The highest BCUT2D eigenvalue weighted by Gasteiger charge is 2.19. The summed E-state index contributed by atoms with van der Waals surface area (Å²) < 4.78 is 0. The molecule has 0 aliphatic rings. The summed E-state index contributed by atoms with van der Waals surface area (Å²) in [6.45, 7) is 0. The minimum Gasteiger partial charge on any atom is -0.506 e. The summed E-state index contributed by atoms with van der Waals surface area (Å²) in [5.41, 5.74) is 6.08. The molecule has 0 bridgehead atoms. The Morgan fingerprint density at radius 3 is 2.30 bits per heavy atom. The van der Waals surface area contributed by atoms with E-state index < -0.39 is 17.7 Å². The van der Waals surface area contributed by atoms with E-state index in [1.165, 1.54) is 42.5 Å². The van der Waals surface area contributed by atoms with E-state index in [1.807, 2.05) is 5.32 Å². The zero-order valence-electron chi connectivity index (χ0n) is 11.7. The van der Waals surface area contributed by atoms with Gasteiger partial charge in [0.05, 0.1) is 5.69 Å². The van der Waals surface area contributed by atoms with Gasteiger partial charge in [-0.2, -0.15) is 0 Å². The maximum Gasteiger partial charge on any atom is 0.316 e. The molecule has 0 aliphatic carbocycles. The van der Waals surface area contributed by atoms with Gasteiger partial charge in [0.2, 0.25) is 0 Å². The summed E-state index contributed by atoms with van der Waals surface area (Å²) in [6, 6.07) is 9.75. The fourth-order valence-corrected chi connectivity index (χ4v) is 1.83. The Balaban J connectivity index is 2.02. The lowest BCUT2D eigenvalue weighted by atomic mass is 10.2. The van der Waals surface area contributed by atoms with E-state index >= 15 is 0 Å². The van der Waals surface area contributed by atoms with E-state index in [1.54, 1.807) is 0 Å². The normalized spacial score (nSPS) is 9.96. The van der Waals surface area contributed by atoms with Crippen molar-refractivity contribution in [2.45, 2.75) is 0 Å². The summed E-state index contributed by atoms with van der Waals surface area (Å²) >= 11 is 5.73. The SMILES string of the molecule is Nc1ccc(C(=O)NC(=O)C(=O)Nc2cc(Cl)ccc2O)cc1. The number of carbonyl (C=O) groups excluding carboxylic acids is 3. The zero-order valence-corrected chi connectivity index (χ0v) is 12.4. The number of halogens is 1. The van der Waals surface area contributed by atoms with Crippen molar-refractivity contribution >= 4 is 40.7 Å². The molecule has 5 N–H and O–H groups in total. The number of imide groups is 1. The van der Waals surface area contributed by atoms with Gasteiger partial charge in [-0.05, 0) is 42.5 Å². The predicted octanol–water partition coefficient (Wildman–Crippen LogP) is 1.52. The molecule has 2 rings (SSSR count). The molecule has 0 atom stereocenters. The molecule has 118 valence electrons. The van der Waals surface area contributed by atoms with Crippen LogP contribution in [-0.2, 0) is 9.59 Å². The van der Waals surface area contributed by atoms with Gasteiger partial charge in [-0.15, -0.1) is 0 Å². The predicted molar refractivity (Wildman–Crippen MR) is 85.1 cm³/mol. The molecule has 2 aromatic carbocycles. The summed E-state index contributed by atoms with van der Waals surface area (Å²) in [5, 5.41) is 13.9. The number of phenolic OH excluding ortho intramolecular Hbond substituents is 1. The molecule has 7 nitrogen and oxygen atoms in total. The van der Waals surface area contributed by atoms with Gasteiger partial charge in [0, 0.05) is 16.3 Å². The third kappa shape index (κ3) is 4.21. The molecule has 23 heavy (non-hydrogen) atoms. The molecule has 0 heterocycles. The van der Waals surface area contributed by atoms with E-state index in [9.17, 15) is 19.5 Å². The van der Waals surface area contributed by atoms with Crippen LogP contribution in [0.1, 0.15) is 10.4 Å². The molecule has 0 spiro atoms. The van der Waals surface area contributed by atoms with Crippen LogP contribution < -0.4 is 16.4 Å². The minimum absolute atomic E-state index is 0.0439. The lowest BCUT2D eigenvalue weighted by molar-refractivity contribution is -0.135. The summed E-state index contributed by atoms with van der Waals surface area (Å²) in [4.78, 5) is 35.3. The van der Waals surface area contributed by atoms with Crippen LogP contribution in [0.5, 0.6) is 5.75 Å². The van der Waals surface area contributed by atoms with E-state index in [0.717, 1.165) is 0 Å². The molecule has 0 aliphatic heterocycles. The smallest absolute Gasteiger partial charge is 0.316 e. The largest absolute Gasteiger partial charge is 0.506 e. The van der Waals surface area contributed by atoms with Crippen LogP contribution in [0.3, 0.4) is 0 Å². The number of anilines is 2. The number of hydrogen-bond donors (Lipinski definition) is 4. The van der Waals surface area contributed by atoms with Crippen molar-refractivity contribution in [3.63, 3.8) is 0 Å². The highest BCUT2D eigenvalue weighted by Crippen LogP contribution is 2.26. The van der Waals surface area contributed by atoms with E-state index in [-0.39, 0.29) is 22.0 Å². The zero-order chi connectivity index (χ0) is 17.0. The van der Waals surface area contributed by atoms with Gasteiger partial charge in [0.15, 0.2) is 0 Å². The van der Waals surface area contributed by atoms with E-state index in [0.29, 0.717) is 5.69 Å². The molecule has 3 amide bonds. The minimum atomic E-state index is -1.17. The number of nitrogen functional groups attached to an aromatic ring is 1. The quantitative estimate of drug-likeness (QED) is 0.377. The maximum absolute atomic E-state index is 11.8. The van der Waals surface area contributed by atoms with Crippen LogP contribution in [0.4, 0.5) is 11.4 Å². The van der Waals surface area contributed by atoms with Crippen molar-refractivity contribution in [1.82, 2.24) is 5.32 Å². The number of rotatable bonds is 2. The maximum atomic E-state index is 11.8. The van der Waals surface area contributed by atoms with Crippen molar-refractivity contribution < 1.29 is 19.5 Å². The number of aromatic hydroxyl groups is 1. The van der Waals surface area contributed by atoms with Crippen molar-refractivity contribution in [1.29, 1.82) is 0 Å². The average molecular weight is 334 g/mol. The van der Waals surface area contributed by atoms with Crippen molar-refractivity contribution in [2.75, 3.05) is 11.1 Å². The lowest BCUT2D eigenvalue weighted by Crippen LogP contribution is -2.39. The number of amides is 3. The van der Waals surface area contributed by atoms with Crippen LogP contribution in [-0.4, -0.2) is 22.8 Å². The van der Waals surface area contributed by atoms with Gasteiger partial charge in [-0.1, -0.05) is 11.6 Å². The molecule has 0 unspecified atom stereocenters. The number of phenols is 1. The third-order valence-corrected chi connectivity index (χ3v) is 3.05. The van der Waals surface area contributed by atoms with Gasteiger partial charge in [-0.3, -0.25) is 19.7 Å². The first-order valence-electron chi connectivity index (χ1n) is 6.37. The van der Waals surface area contributed by atoms with Crippen LogP contribution in [0, 0.1) is 0 Å². The Kier molecular flexibility index (Phi) is 4.82. The van der Waals surface area contributed by atoms with Crippen molar-refractivity contribution in [3.05, 3.63) is 53.1 Å². The highest BCUT2D eigenvalue weighted by atomic mass is 35.5. The molecular formula is C15H12ClN3O4. The Labute approximate surface area is 136 Å². The number of carbonyl (C=O) groups is 3. The number of hydrogen-bond acceptors (Lipinski definition) is 5. The standard InChI is InChI=1S/C15H12ClN3O4/c16-9-3-6-12(20)11(7-9)18-14(22)15(23)19-13(21)8-1-4-10(17)5-2-8/h1-7,20H,17H2,(H,18,22)(H,19,21,23). The van der Waals surface area contributed by atoms with Crippen molar-refractivity contribution in [2.24, 2.45) is 0 Å². The molecule has 0 fully saturated rings. The first-order chi connectivity index (χ1) is 10.9. The lowest BCUT2D eigenvalue weighted by Gasteiger charge is -2.08. The molecule has 0 saturated carbocycles. The van der Waals surface area contributed by atoms with Gasteiger partial charge in [0.1, 0.15) is 5.75 Å². The number of nitrogens with two attached hydrogens (primary N) is 1. The fraction of sp³-hybridized carbons (Fsp3) is 0. The Morgan fingerprint density at radius 2 is 1.65 bits per heavy atom. The Hall–Kier alpha value is -3.06. The van der Waals surface area contributed by atoms with Crippen LogP contribution in [0.25, 0.3) is 0 Å². The molecular weight excluding hydrogens is 322 g/mol. The summed E-state index contributed by atoms with van der Waals surface area (Å²) in [7, 11) is 0. The van der Waals surface area contributed by atoms with E-state index in [4.69, 9.17) is 17.3 Å². The first kappa shape index (κ1) is 16.3. The van der Waals surface area contributed by atoms with Gasteiger partial charge >= 0.3 is 11.8 Å². The second-order valence-electron chi connectivity index (χ2n) is 4.52. The molecule has 0 radical (unpaired) electrons. The highest BCUT2D eigenvalue weighted by molar-refractivity contribution is 6.42. The van der Waals surface area contributed by atoms with Crippen LogP contribution >= 0.6 is 11.6 Å². The second-order valence-corrected chi connectivity index (χ2v) is 4.96. The molecule has 0 aromatic heterocycles. The van der Waals surface area contributed by atoms with Crippen molar-refractivity contribution in [3.8, 4) is 5.75 Å². The molecule has 8 heteroatoms. The number of nitrogens with one attached hydrogen (secondary N) is 2. The first-order valence-corrected chi connectivity index (χ1v) is 6.75. The van der Waals surface area contributed by atoms with Gasteiger partial charge in [-0.25, -0.2) is 0 Å². The fourth-order valence-electron chi connectivity index (χ4n) is 1.65. The topological polar surface area (TPSA) is 122 Å². The van der Waals surface area contributed by atoms with Gasteiger partial charge in [0.25, 0.3) is 5.91 Å². The van der Waals surface area contributed by atoms with Gasteiger partial charge < -0.3 is 16.2 Å². The monoisotopic (exact) mass is 333 g/mol. The number of benzene rings is 2.